The molecule has 0 radical (unpaired) electrons. The van der Waals surface area contributed by atoms with Crippen molar-refractivity contribution in [2.45, 2.75) is 49.5 Å². The third-order valence-electron chi connectivity index (χ3n) is 7.05. The highest BCUT2D eigenvalue weighted by molar-refractivity contribution is 8.04. The van der Waals surface area contributed by atoms with Crippen LogP contribution in [0.2, 0.25) is 0 Å². The van der Waals surface area contributed by atoms with Crippen LogP contribution in [0.5, 0.6) is 0 Å². The molecule has 0 amide bonds. The molecule has 2 aromatic rings. The number of aliphatic hydroxyl groups excluding tert-OH is 1. The van der Waals surface area contributed by atoms with Gasteiger partial charge in [0.15, 0.2) is 0 Å². The summed E-state index contributed by atoms with van der Waals surface area (Å²) in [5.41, 5.74) is 0.843. The van der Waals surface area contributed by atoms with Crippen LogP contribution in [0, 0.1) is 0 Å². The predicted molar refractivity (Wildman–Crippen MR) is 143 cm³/mol. The lowest BCUT2D eigenvalue weighted by Gasteiger charge is -2.38. The zero-order valence-electron chi connectivity index (χ0n) is 21.4. The number of thioether (sulfide) groups is 1. The number of hydrogen-bond acceptors (Lipinski definition) is 7. The maximum atomic E-state index is 13.3. The highest BCUT2D eigenvalue weighted by Gasteiger charge is 2.44. The van der Waals surface area contributed by atoms with Gasteiger partial charge in [0.2, 0.25) is 0 Å². The minimum atomic E-state index is -1.07. The topological polar surface area (TPSA) is 70.1 Å². The maximum absolute atomic E-state index is 13.3. The summed E-state index contributed by atoms with van der Waals surface area (Å²) in [6.45, 7) is 8.28. The Morgan fingerprint density at radius 3 is 2.39 bits per heavy atom. The molecule has 2 aliphatic heterocycles. The Balaban J connectivity index is 1.53. The predicted octanol–water partition coefficient (Wildman–Crippen LogP) is 5.11. The zero-order chi connectivity index (χ0) is 25.7. The van der Waals surface area contributed by atoms with E-state index in [-0.39, 0.29) is 35.2 Å². The van der Waals surface area contributed by atoms with E-state index in [1.54, 1.807) is 0 Å². The van der Waals surface area contributed by atoms with Crippen molar-refractivity contribution in [3.8, 4) is 0 Å². The van der Waals surface area contributed by atoms with Crippen LogP contribution in [-0.4, -0.2) is 66.4 Å². The van der Waals surface area contributed by atoms with E-state index in [9.17, 15) is 14.7 Å². The second-order valence-electron chi connectivity index (χ2n) is 10.1. The molecular formula is C29H36N2O4S. The average Bonchev–Trinajstić information content (AvgIpc) is 2.87. The summed E-state index contributed by atoms with van der Waals surface area (Å²) in [6, 6.07) is 17.4. The first-order valence-electron chi connectivity index (χ1n) is 12.7. The van der Waals surface area contributed by atoms with Gasteiger partial charge in [-0.3, -0.25) is 9.69 Å². The van der Waals surface area contributed by atoms with Gasteiger partial charge in [-0.1, -0.05) is 74.1 Å². The summed E-state index contributed by atoms with van der Waals surface area (Å²) in [4.78, 5) is 31.8. The lowest BCUT2D eigenvalue weighted by atomic mass is 9.83. The molecule has 4 rings (SSSR count). The average molecular weight is 509 g/mol. The summed E-state index contributed by atoms with van der Waals surface area (Å²) in [5, 5.41) is 11.1. The first kappa shape index (κ1) is 26.5. The molecule has 7 heteroatoms. The number of rotatable bonds is 9. The second kappa shape index (κ2) is 11.6. The molecule has 2 aliphatic rings. The number of Topliss-reactive ketones (excluding diaryl/α,β-unsaturated/α-hetero) is 1. The van der Waals surface area contributed by atoms with E-state index < -0.39 is 11.6 Å². The van der Waals surface area contributed by atoms with Crippen LogP contribution in [0.3, 0.4) is 0 Å². The molecule has 2 aromatic carbocycles. The van der Waals surface area contributed by atoms with Crippen LogP contribution >= 0.6 is 11.8 Å². The monoisotopic (exact) mass is 508 g/mol. The summed E-state index contributed by atoms with van der Waals surface area (Å²) in [6.07, 6.45) is 0.761. The van der Waals surface area contributed by atoms with Crippen molar-refractivity contribution in [1.29, 1.82) is 0 Å². The number of ketones is 1. The minimum absolute atomic E-state index is 0.0187. The Hall–Kier alpha value is -2.61. The fraction of sp³-hybridized carbons (Fsp3) is 0.448. The molecular weight excluding hydrogens is 472 g/mol. The Morgan fingerprint density at radius 2 is 1.72 bits per heavy atom. The second-order valence-corrected chi connectivity index (χ2v) is 11.2. The third-order valence-corrected chi connectivity index (χ3v) is 8.24. The molecule has 36 heavy (non-hydrogen) atoms. The largest absolute Gasteiger partial charge is 0.511 e. The number of esters is 1. The Labute approximate surface area is 218 Å². The quantitative estimate of drug-likeness (QED) is 0.472. The van der Waals surface area contributed by atoms with Gasteiger partial charge in [-0.25, -0.2) is 4.79 Å². The van der Waals surface area contributed by atoms with Crippen molar-refractivity contribution in [3.05, 3.63) is 76.4 Å². The van der Waals surface area contributed by atoms with Crippen LogP contribution in [0.1, 0.15) is 50.2 Å². The number of hydrogen-bond donors (Lipinski definition) is 1. The summed E-state index contributed by atoms with van der Waals surface area (Å²) < 4.78 is 6.12. The Bertz CT molecular complexity index is 1110. The van der Waals surface area contributed by atoms with Crippen LogP contribution in [0.15, 0.2) is 70.2 Å². The number of piperazine rings is 1. The molecule has 192 valence electrons. The Morgan fingerprint density at radius 1 is 1.06 bits per heavy atom. The van der Waals surface area contributed by atoms with Crippen molar-refractivity contribution in [3.63, 3.8) is 0 Å². The van der Waals surface area contributed by atoms with Gasteiger partial charge in [0.05, 0.1) is 13.0 Å². The van der Waals surface area contributed by atoms with Crippen LogP contribution < -0.4 is 0 Å². The van der Waals surface area contributed by atoms with Gasteiger partial charge in [-0.2, -0.15) is 0 Å². The van der Waals surface area contributed by atoms with E-state index in [1.807, 2.05) is 54.6 Å². The van der Waals surface area contributed by atoms with E-state index in [4.69, 9.17) is 4.74 Å². The minimum Gasteiger partial charge on any atom is -0.511 e. The van der Waals surface area contributed by atoms with Crippen molar-refractivity contribution < 1.29 is 19.4 Å². The lowest BCUT2D eigenvalue weighted by Crippen LogP contribution is -2.46. The van der Waals surface area contributed by atoms with E-state index in [0.717, 1.165) is 42.2 Å². The maximum Gasteiger partial charge on any atom is 0.349 e. The lowest BCUT2D eigenvalue weighted by molar-refractivity contribution is -0.161. The first-order valence-corrected chi connectivity index (χ1v) is 13.5. The van der Waals surface area contributed by atoms with E-state index in [1.165, 1.54) is 11.8 Å². The van der Waals surface area contributed by atoms with E-state index in [2.05, 4.69) is 30.7 Å². The molecule has 1 atom stereocenters. The molecule has 0 spiro atoms. The molecule has 6 nitrogen and oxygen atoms in total. The van der Waals surface area contributed by atoms with Gasteiger partial charge in [0.1, 0.15) is 22.0 Å². The summed E-state index contributed by atoms with van der Waals surface area (Å²) >= 11 is 1.26. The van der Waals surface area contributed by atoms with Gasteiger partial charge in [0.25, 0.3) is 0 Å². The van der Waals surface area contributed by atoms with Gasteiger partial charge < -0.3 is 14.7 Å². The van der Waals surface area contributed by atoms with Gasteiger partial charge in [-0.15, -0.1) is 0 Å². The number of ether oxygens (including phenoxy) is 1. The summed E-state index contributed by atoms with van der Waals surface area (Å²) in [5.74, 6) is -0.117. The number of likely N-dealkylation sites (N-methyl/N-ethyl adjacent to an activating group) is 1. The van der Waals surface area contributed by atoms with Gasteiger partial charge >= 0.3 is 5.97 Å². The van der Waals surface area contributed by atoms with Crippen molar-refractivity contribution in [1.82, 2.24) is 9.80 Å². The number of cyclic esters (lactones) is 1. The number of carbonyl (C=O) groups excluding carboxylic acids is 2. The number of aliphatic hydroxyl groups is 1. The molecule has 1 fully saturated rings. The standard InChI is InChI=1S/C29H36N2O4S/c1-21(2)24-11-7-8-12-26(24)36-27-25(33)19-29(35-28(27)34,22-9-5-4-6-10-22)14-13-23(32)20-31-17-15-30(3)16-18-31/h4-12,21,33H,13-20H2,1-3H3. The molecule has 1 unspecified atom stereocenters. The fourth-order valence-corrected chi connectivity index (χ4v) is 5.95. The molecule has 2 heterocycles. The van der Waals surface area contributed by atoms with Crippen LogP contribution in [0.25, 0.3) is 0 Å². The van der Waals surface area contributed by atoms with Crippen molar-refractivity contribution in [2.24, 2.45) is 0 Å². The molecule has 0 aromatic heterocycles. The van der Waals surface area contributed by atoms with Crippen molar-refractivity contribution >= 4 is 23.5 Å². The van der Waals surface area contributed by atoms with Crippen molar-refractivity contribution in [2.75, 3.05) is 39.8 Å². The Kier molecular flexibility index (Phi) is 8.54. The molecule has 1 N–H and O–H groups in total. The molecule has 0 aliphatic carbocycles. The summed E-state index contributed by atoms with van der Waals surface area (Å²) in [7, 11) is 2.09. The number of carbonyl (C=O) groups is 2. The molecule has 0 bridgehead atoms. The number of nitrogens with zero attached hydrogens (tertiary/aromatic N) is 2. The van der Waals surface area contributed by atoms with E-state index in [0.29, 0.717) is 13.0 Å². The smallest absolute Gasteiger partial charge is 0.349 e. The number of benzene rings is 2. The molecule has 1 saturated heterocycles. The van der Waals surface area contributed by atoms with E-state index >= 15 is 0 Å². The fourth-order valence-electron chi connectivity index (χ4n) is 4.85. The molecule has 0 saturated carbocycles. The highest BCUT2D eigenvalue weighted by Crippen LogP contribution is 2.46. The van der Waals surface area contributed by atoms with Crippen LogP contribution in [0.4, 0.5) is 0 Å². The highest BCUT2D eigenvalue weighted by atomic mass is 32.2. The first-order chi connectivity index (χ1) is 17.3. The SMILES string of the molecule is CC(C)c1ccccc1SC1=C(O)CC(CCC(=O)CN2CCN(C)CC2)(c2ccccc2)OC1=O. The van der Waals surface area contributed by atoms with Gasteiger partial charge in [0, 0.05) is 37.5 Å². The normalized spacial score (nSPS) is 21.6. The third kappa shape index (κ3) is 6.20. The zero-order valence-corrected chi connectivity index (χ0v) is 22.2. The van der Waals surface area contributed by atoms with Crippen LogP contribution in [-0.2, 0) is 19.9 Å². The van der Waals surface area contributed by atoms with Gasteiger partial charge in [-0.05, 0) is 36.6 Å².